The molecule has 2 heterocycles. The maximum atomic E-state index is 13.8. The van der Waals surface area contributed by atoms with Gasteiger partial charge < -0.3 is 19.1 Å². The van der Waals surface area contributed by atoms with Crippen LogP contribution in [0.5, 0.6) is 11.5 Å². The van der Waals surface area contributed by atoms with E-state index in [-0.39, 0.29) is 18.2 Å². The van der Waals surface area contributed by atoms with E-state index in [1.165, 1.54) is 0 Å². The first-order valence-electron chi connectivity index (χ1n) is 9.47. The lowest BCUT2D eigenvalue weighted by Crippen LogP contribution is -2.39. The highest BCUT2D eigenvalue weighted by molar-refractivity contribution is 5.91. The van der Waals surface area contributed by atoms with Gasteiger partial charge in [0.15, 0.2) is 11.5 Å². The third-order valence-electron chi connectivity index (χ3n) is 5.87. The minimum atomic E-state index is -0.709. The number of rotatable bonds is 6. The molecule has 2 aliphatic heterocycles. The summed E-state index contributed by atoms with van der Waals surface area (Å²) in [5, 5.41) is 0. The molecule has 0 bridgehead atoms. The van der Waals surface area contributed by atoms with Gasteiger partial charge >= 0.3 is 0 Å². The molecule has 1 amide bonds. The van der Waals surface area contributed by atoms with Crippen LogP contribution in [-0.4, -0.2) is 37.9 Å². The van der Waals surface area contributed by atoms with E-state index in [1.807, 2.05) is 59.5 Å². The molecule has 146 valence electrons. The number of amides is 1. The molecule has 0 saturated carbocycles. The van der Waals surface area contributed by atoms with Gasteiger partial charge in [0.2, 0.25) is 5.91 Å². The largest absolute Gasteiger partial charge is 0.493 e. The van der Waals surface area contributed by atoms with Crippen LogP contribution in [0.25, 0.3) is 0 Å². The fraction of sp³-hybridized carbons (Fsp3) is 0.348. The van der Waals surface area contributed by atoms with Crippen molar-refractivity contribution in [1.82, 2.24) is 4.90 Å². The van der Waals surface area contributed by atoms with Crippen molar-refractivity contribution in [2.24, 2.45) is 0 Å². The van der Waals surface area contributed by atoms with Gasteiger partial charge in [0.05, 0.1) is 32.3 Å². The zero-order valence-electron chi connectivity index (χ0n) is 16.3. The van der Waals surface area contributed by atoms with Gasteiger partial charge in [-0.1, -0.05) is 42.5 Å². The number of hydrogen-bond acceptors (Lipinski definition) is 4. The molecule has 0 spiro atoms. The third-order valence-corrected chi connectivity index (χ3v) is 5.87. The molecule has 2 saturated heterocycles. The molecule has 0 radical (unpaired) electrons. The predicted octanol–water partition coefficient (Wildman–Crippen LogP) is 3.85. The topological polar surface area (TPSA) is 48.0 Å². The normalized spacial score (nSPS) is 26.2. The molecular weight excluding hydrogens is 354 g/mol. The number of benzene rings is 2. The molecule has 4 rings (SSSR count). The fourth-order valence-electron chi connectivity index (χ4n) is 4.47. The standard InChI is InChI=1S/C23H25NO4/c1-4-12-23(17-10-11-19(26-2)20(13-17)27-3)14-21-24(22(23)25)18(15-28-21)16-8-6-5-7-9-16/h4-11,13,18,21H,1,12,14-15H2,2-3H3/t18-,21-,23+/m1/s1. The van der Waals surface area contributed by atoms with Crippen molar-refractivity contribution in [3.63, 3.8) is 0 Å². The molecule has 2 aromatic rings. The lowest BCUT2D eigenvalue weighted by Gasteiger charge is -2.29. The summed E-state index contributed by atoms with van der Waals surface area (Å²) in [5.74, 6) is 1.34. The van der Waals surface area contributed by atoms with Gasteiger partial charge in [-0.05, 0) is 29.7 Å². The minimum absolute atomic E-state index is 0.0643. The molecule has 2 aliphatic rings. The number of hydrogen-bond donors (Lipinski definition) is 0. The number of nitrogens with zero attached hydrogens (tertiary/aromatic N) is 1. The Morgan fingerprint density at radius 1 is 1.18 bits per heavy atom. The van der Waals surface area contributed by atoms with E-state index >= 15 is 0 Å². The zero-order valence-corrected chi connectivity index (χ0v) is 16.3. The van der Waals surface area contributed by atoms with E-state index in [0.717, 1.165) is 11.1 Å². The second-order valence-corrected chi connectivity index (χ2v) is 7.28. The van der Waals surface area contributed by atoms with Crippen molar-refractivity contribution in [3.8, 4) is 11.5 Å². The second kappa shape index (κ2) is 7.32. The van der Waals surface area contributed by atoms with Gasteiger partial charge in [-0.3, -0.25) is 4.79 Å². The zero-order chi connectivity index (χ0) is 19.7. The Bertz CT molecular complexity index is 881. The van der Waals surface area contributed by atoms with Gasteiger partial charge in [0, 0.05) is 6.42 Å². The van der Waals surface area contributed by atoms with Gasteiger partial charge in [0.1, 0.15) is 6.23 Å². The van der Waals surface area contributed by atoms with Crippen LogP contribution in [0, 0.1) is 0 Å². The molecule has 2 fully saturated rings. The lowest BCUT2D eigenvalue weighted by molar-refractivity contribution is -0.135. The summed E-state index contributed by atoms with van der Waals surface area (Å²) in [7, 11) is 3.21. The van der Waals surface area contributed by atoms with Crippen molar-refractivity contribution < 1.29 is 19.0 Å². The van der Waals surface area contributed by atoms with Crippen molar-refractivity contribution in [2.75, 3.05) is 20.8 Å². The van der Waals surface area contributed by atoms with Crippen LogP contribution < -0.4 is 9.47 Å². The van der Waals surface area contributed by atoms with Crippen LogP contribution in [0.4, 0.5) is 0 Å². The molecule has 3 atom stereocenters. The van der Waals surface area contributed by atoms with Crippen molar-refractivity contribution in [2.45, 2.75) is 30.5 Å². The van der Waals surface area contributed by atoms with Crippen LogP contribution in [-0.2, 0) is 14.9 Å². The summed E-state index contributed by atoms with van der Waals surface area (Å²) in [5.41, 5.74) is 1.29. The fourth-order valence-corrected chi connectivity index (χ4v) is 4.47. The van der Waals surface area contributed by atoms with E-state index in [2.05, 4.69) is 6.58 Å². The highest BCUT2D eigenvalue weighted by atomic mass is 16.5. The van der Waals surface area contributed by atoms with E-state index in [1.54, 1.807) is 14.2 Å². The Labute approximate surface area is 165 Å². The molecule has 28 heavy (non-hydrogen) atoms. The number of carbonyl (C=O) groups is 1. The molecule has 0 unspecified atom stereocenters. The monoisotopic (exact) mass is 379 g/mol. The highest BCUT2D eigenvalue weighted by Gasteiger charge is 2.57. The van der Waals surface area contributed by atoms with E-state index in [9.17, 15) is 4.79 Å². The molecule has 0 aliphatic carbocycles. The summed E-state index contributed by atoms with van der Waals surface area (Å²) in [6, 6.07) is 15.7. The summed E-state index contributed by atoms with van der Waals surface area (Å²) < 4.78 is 16.9. The molecule has 0 N–H and O–H groups in total. The number of ether oxygens (including phenoxy) is 3. The van der Waals surface area contributed by atoms with Crippen molar-refractivity contribution >= 4 is 5.91 Å². The Morgan fingerprint density at radius 3 is 2.61 bits per heavy atom. The second-order valence-electron chi connectivity index (χ2n) is 7.28. The first-order valence-corrected chi connectivity index (χ1v) is 9.47. The molecule has 5 heteroatoms. The average Bonchev–Trinajstić information content (AvgIpc) is 3.27. The molecule has 0 aromatic heterocycles. The highest BCUT2D eigenvalue weighted by Crippen LogP contribution is 2.50. The number of methoxy groups -OCH3 is 2. The summed E-state index contributed by atoms with van der Waals surface area (Å²) in [6.07, 6.45) is 2.72. The maximum absolute atomic E-state index is 13.8. The minimum Gasteiger partial charge on any atom is -0.493 e. The number of allylic oxidation sites excluding steroid dienone is 1. The van der Waals surface area contributed by atoms with Gasteiger partial charge in [-0.15, -0.1) is 6.58 Å². The van der Waals surface area contributed by atoms with Crippen LogP contribution in [0.1, 0.15) is 30.0 Å². The average molecular weight is 379 g/mol. The quantitative estimate of drug-likeness (QED) is 0.716. The van der Waals surface area contributed by atoms with Gasteiger partial charge in [-0.25, -0.2) is 0 Å². The Balaban J connectivity index is 1.75. The predicted molar refractivity (Wildman–Crippen MR) is 106 cm³/mol. The third kappa shape index (κ3) is 2.78. The van der Waals surface area contributed by atoms with Crippen LogP contribution in [0.3, 0.4) is 0 Å². The molecular formula is C23H25NO4. The number of carbonyl (C=O) groups excluding carboxylic acids is 1. The first-order chi connectivity index (χ1) is 13.6. The summed E-state index contributed by atoms with van der Waals surface area (Å²) >= 11 is 0. The van der Waals surface area contributed by atoms with E-state index in [4.69, 9.17) is 14.2 Å². The van der Waals surface area contributed by atoms with E-state index in [0.29, 0.717) is 30.9 Å². The van der Waals surface area contributed by atoms with E-state index < -0.39 is 5.41 Å². The van der Waals surface area contributed by atoms with Crippen molar-refractivity contribution in [3.05, 3.63) is 72.3 Å². The van der Waals surface area contributed by atoms with Crippen LogP contribution >= 0.6 is 0 Å². The van der Waals surface area contributed by atoms with Crippen LogP contribution in [0.2, 0.25) is 0 Å². The van der Waals surface area contributed by atoms with Crippen molar-refractivity contribution in [1.29, 1.82) is 0 Å². The first kappa shape index (κ1) is 18.6. The Morgan fingerprint density at radius 2 is 1.93 bits per heavy atom. The number of fused-ring (bicyclic) bond motifs is 1. The molecule has 2 aromatic carbocycles. The maximum Gasteiger partial charge on any atom is 0.236 e. The Hall–Kier alpha value is -2.79. The van der Waals surface area contributed by atoms with Gasteiger partial charge in [-0.2, -0.15) is 0 Å². The Kier molecular flexibility index (Phi) is 4.85. The SMILES string of the molecule is C=CC[C@@]1(c2ccc(OC)c(OC)c2)C[C@H]2OC[C@H](c3ccccc3)N2C1=O. The summed E-state index contributed by atoms with van der Waals surface area (Å²) in [4.78, 5) is 15.7. The smallest absolute Gasteiger partial charge is 0.236 e. The molecule has 5 nitrogen and oxygen atoms in total. The summed E-state index contributed by atoms with van der Waals surface area (Å²) in [6.45, 7) is 4.43. The van der Waals surface area contributed by atoms with Crippen LogP contribution in [0.15, 0.2) is 61.2 Å². The van der Waals surface area contributed by atoms with Gasteiger partial charge in [0.25, 0.3) is 0 Å². The lowest BCUT2D eigenvalue weighted by atomic mass is 9.75.